The summed E-state index contributed by atoms with van der Waals surface area (Å²) in [7, 11) is 0. The summed E-state index contributed by atoms with van der Waals surface area (Å²) >= 11 is 0. The zero-order valence-electron chi connectivity index (χ0n) is 33.1. The van der Waals surface area contributed by atoms with Crippen molar-refractivity contribution in [2.45, 2.75) is 135 Å². The molecule has 0 radical (unpaired) electrons. The van der Waals surface area contributed by atoms with Crippen molar-refractivity contribution in [3.05, 3.63) is 153 Å². The van der Waals surface area contributed by atoms with Gasteiger partial charge >= 0.3 is 0 Å². The highest BCUT2D eigenvalue weighted by molar-refractivity contribution is 5.93. The first kappa shape index (κ1) is 37.1. The first-order chi connectivity index (χ1) is 25.9. The van der Waals surface area contributed by atoms with Crippen LogP contribution in [0.25, 0.3) is 22.3 Å². The van der Waals surface area contributed by atoms with Crippen LogP contribution in [0.3, 0.4) is 0 Å². The number of aryl methyl sites for hydroxylation is 3. The van der Waals surface area contributed by atoms with Crippen LogP contribution in [-0.2, 0) is 10.8 Å². The van der Waals surface area contributed by atoms with Crippen molar-refractivity contribution in [3.63, 3.8) is 0 Å². The van der Waals surface area contributed by atoms with Gasteiger partial charge in [0.15, 0.2) is 0 Å². The van der Waals surface area contributed by atoms with Gasteiger partial charge in [-0.25, -0.2) is 0 Å². The molecule has 53 heavy (non-hydrogen) atoms. The number of fused-ring (bicyclic) bond motifs is 6. The van der Waals surface area contributed by atoms with Gasteiger partial charge in [0, 0.05) is 11.0 Å². The molecule has 0 saturated carbocycles. The lowest BCUT2D eigenvalue weighted by Crippen LogP contribution is -2.29. The molecule has 2 aliphatic carbocycles. The second-order valence-electron chi connectivity index (χ2n) is 16.5. The van der Waals surface area contributed by atoms with Crippen molar-refractivity contribution in [3.8, 4) is 22.3 Å². The summed E-state index contributed by atoms with van der Waals surface area (Å²) in [5, 5.41) is 0. The van der Waals surface area contributed by atoms with Gasteiger partial charge in [-0.1, -0.05) is 186 Å². The van der Waals surface area contributed by atoms with E-state index in [1.54, 1.807) is 11.1 Å². The van der Waals surface area contributed by atoms with Crippen LogP contribution in [0.5, 0.6) is 0 Å². The highest BCUT2D eigenvalue weighted by atomic mass is 16.1. The van der Waals surface area contributed by atoms with E-state index in [1.165, 1.54) is 146 Å². The van der Waals surface area contributed by atoms with E-state index < -0.39 is 5.41 Å². The van der Waals surface area contributed by atoms with Crippen LogP contribution in [0.15, 0.2) is 97.1 Å². The summed E-state index contributed by atoms with van der Waals surface area (Å²) in [6.45, 7) is 11.3. The summed E-state index contributed by atoms with van der Waals surface area (Å²) in [6.07, 6.45) is 19.2. The van der Waals surface area contributed by atoms with Gasteiger partial charge in [-0.3, -0.25) is 4.79 Å². The zero-order valence-corrected chi connectivity index (χ0v) is 33.1. The average molecular weight is 701 g/mol. The van der Waals surface area contributed by atoms with E-state index in [0.717, 1.165) is 17.4 Å². The maximum absolute atomic E-state index is 12.3. The van der Waals surface area contributed by atoms with Crippen LogP contribution in [0, 0.1) is 20.8 Å². The summed E-state index contributed by atoms with van der Waals surface area (Å²) in [5.74, 6) is 0. The van der Waals surface area contributed by atoms with Crippen molar-refractivity contribution < 1.29 is 4.79 Å². The number of unbranched alkanes of at least 4 members (excludes halogenated alkanes) is 10. The van der Waals surface area contributed by atoms with Gasteiger partial charge in [-0.05, 0) is 107 Å². The molecule has 0 saturated heterocycles. The largest absolute Gasteiger partial charge is 0.298 e. The molecule has 1 heteroatoms. The Labute approximate surface area is 320 Å². The Hall–Kier alpha value is -4.23. The van der Waals surface area contributed by atoms with Crippen LogP contribution >= 0.6 is 0 Å². The monoisotopic (exact) mass is 700 g/mol. The molecular weight excluding hydrogens is 641 g/mol. The lowest BCUT2D eigenvalue weighted by atomic mass is 9.66. The summed E-state index contributed by atoms with van der Waals surface area (Å²) < 4.78 is 0. The number of aldehydes is 1. The summed E-state index contributed by atoms with van der Waals surface area (Å²) in [4.78, 5) is 12.3. The van der Waals surface area contributed by atoms with Gasteiger partial charge in [-0.2, -0.15) is 0 Å². The van der Waals surface area contributed by atoms with Crippen molar-refractivity contribution in [2.24, 2.45) is 0 Å². The van der Waals surface area contributed by atoms with Crippen LogP contribution in [0.2, 0.25) is 0 Å². The van der Waals surface area contributed by atoms with Gasteiger partial charge in [0.25, 0.3) is 0 Å². The average Bonchev–Trinajstić information content (AvgIpc) is 3.59. The molecule has 1 nitrogen and oxygen atoms in total. The van der Waals surface area contributed by atoms with Crippen LogP contribution in [0.4, 0.5) is 0 Å². The Bertz CT molecular complexity index is 2050. The third-order valence-corrected chi connectivity index (χ3v) is 12.8. The van der Waals surface area contributed by atoms with E-state index >= 15 is 0 Å². The second-order valence-corrected chi connectivity index (χ2v) is 16.5. The van der Waals surface area contributed by atoms with Crippen molar-refractivity contribution in [1.29, 1.82) is 0 Å². The fraction of sp³-hybridized carbons (Fsp3) is 0.404. The fourth-order valence-electron chi connectivity index (χ4n) is 10.0. The minimum Gasteiger partial charge on any atom is -0.298 e. The molecule has 0 N–H and O–H groups in total. The number of carbonyl (C=O) groups excluding carboxylic acids is 1. The molecule has 0 heterocycles. The molecule has 0 spiro atoms. The van der Waals surface area contributed by atoms with Crippen molar-refractivity contribution in [2.75, 3.05) is 0 Å². The van der Waals surface area contributed by atoms with E-state index in [9.17, 15) is 4.79 Å². The van der Waals surface area contributed by atoms with Gasteiger partial charge < -0.3 is 0 Å². The first-order valence-corrected chi connectivity index (χ1v) is 20.9. The fourth-order valence-corrected chi connectivity index (χ4v) is 10.0. The van der Waals surface area contributed by atoms with Gasteiger partial charge in [0.2, 0.25) is 0 Å². The van der Waals surface area contributed by atoms with Gasteiger partial charge in [-0.15, -0.1) is 0 Å². The number of hydrogen-bond acceptors (Lipinski definition) is 1. The molecule has 0 amide bonds. The number of hydrogen-bond donors (Lipinski definition) is 0. The molecular formula is C52H60O. The predicted molar refractivity (Wildman–Crippen MR) is 226 cm³/mol. The maximum atomic E-state index is 12.3. The molecule has 0 bridgehead atoms. The minimum atomic E-state index is -0.549. The number of carbonyl (C=O) groups is 1. The summed E-state index contributed by atoms with van der Waals surface area (Å²) in [6, 6.07) is 37.2. The van der Waals surface area contributed by atoms with E-state index in [0.29, 0.717) is 0 Å². The van der Waals surface area contributed by atoms with Gasteiger partial charge in [0.1, 0.15) is 6.29 Å². The molecule has 1 atom stereocenters. The Kier molecular flexibility index (Phi) is 11.2. The lowest BCUT2D eigenvalue weighted by molar-refractivity contribution is 0.112. The van der Waals surface area contributed by atoms with Gasteiger partial charge in [0.05, 0.1) is 5.41 Å². The molecule has 5 aromatic rings. The van der Waals surface area contributed by atoms with E-state index in [1.807, 2.05) is 6.07 Å². The second kappa shape index (κ2) is 16.0. The first-order valence-electron chi connectivity index (χ1n) is 20.9. The predicted octanol–water partition coefficient (Wildman–Crippen LogP) is 14.6. The van der Waals surface area contributed by atoms with E-state index in [-0.39, 0.29) is 5.41 Å². The maximum Gasteiger partial charge on any atom is 0.150 e. The third kappa shape index (κ3) is 6.75. The summed E-state index contributed by atoms with van der Waals surface area (Å²) in [5.41, 5.74) is 17.8. The molecule has 5 aromatic carbocycles. The smallest absolute Gasteiger partial charge is 0.150 e. The van der Waals surface area contributed by atoms with E-state index in [4.69, 9.17) is 0 Å². The highest BCUT2D eigenvalue weighted by Crippen LogP contribution is 2.62. The molecule has 0 fully saturated rings. The van der Waals surface area contributed by atoms with E-state index in [2.05, 4.69) is 126 Å². The standard InChI is InChI=1S/C52H60O/c1-6-8-10-12-14-16-29-51(30-17-15-13-11-9-7-2)47-31-38(4)23-27-43(47)45-35-50-46(34-48(45)51)44-28-24-39(5)32-49(44)52(50,41-25-21-37(3)22-26-41)42-20-18-19-40(33-42)36-53/h18-28,31-36H,6-17,29-30H2,1-5H3. The zero-order chi connectivity index (χ0) is 37.0. The number of rotatable bonds is 17. The Balaban J connectivity index is 1.47. The molecule has 0 aromatic heterocycles. The topological polar surface area (TPSA) is 17.1 Å². The quantitative estimate of drug-likeness (QED) is 0.0684. The molecule has 1 unspecified atom stereocenters. The molecule has 274 valence electrons. The normalized spacial score (nSPS) is 16.2. The Morgan fingerprint density at radius 2 is 0.943 bits per heavy atom. The Morgan fingerprint density at radius 1 is 0.453 bits per heavy atom. The SMILES string of the molecule is CCCCCCCCC1(CCCCCCCC)c2cc(C)ccc2-c2cc3c(cc21)-c1ccc(C)cc1C3(c1ccc(C)cc1)c1cccc(C=O)c1. The lowest BCUT2D eigenvalue weighted by Gasteiger charge is -2.35. The van der Waals surface area contributed by atoms with Crippen LogP contribution in [-0.4, -0.2) is 6.29 Å². The van der Waals surface area contributed by atoms with Crippen LogP contribution in [0.1, 0.15) is 164 Å². The number of benzene rings is 5. The molecule has 0 aliphatic heterocycles. The van der Waals surface area contributed by atoms with Crippen molar-refractivity contribution in [1.82, 2.24) is 0 Å². The minimum absolute atomic E-state index is 0.0125. The highest BCUT2D eigenvalue weighted by Gasteiger charge is 2.50. The molecule has 2 aliphatic rings. The third-order valence-electron chi connectivity index (χ3n) is 12.8. The van der Waals surface area contributed by atoms with Crippen LogP contribution < -0.4 is 0 Å². The Morgan fingerprint density at radius 3 is 1.57 bits per heavy atom. The van der Waals surface area contributed by atoms with Crippen molar-refractivity contribution >= 4 is 6.29 Å². The molecule has 7 rings (SSSR count).